The Morgan fingerprint density at radius 1 is 1.28 bits per heavy atom. The number of halogens is 1. The lowest BCUT2D eigenvalue weighted by atomic mass is 10.0. The van der Waals surface area contributed by atoms with Gasteiger partial charge in [-0.25, -0.2) is 17.5 Å². The molecule has 1 aliphatic rings. The molecule has 0 radical (unpaired) electrons. The Morgan fingerprint density at radius 3 is 2.67 bits per heavy atom. The van der Waals surface area contributed by atoms with Crippen LogP contribution in [0.2, 0.25) is 0 Å². The first kappa shape index (κ1) is 13.0. The number of hydrogen-bond donors (Lipinski definition) is 2. The first-order valence-corrected chi connectivity index (χ1v) is 7.19. The fourth-order valence-electron chi connectivity index (χ4n) is 1.93. The van der Waals surface area contributed by atoms with Crippen molar-refractivity contribution in [1.29, 1.82) is 0 Å². The molecular formula is C12H15FN2O2S. The molecule has 2 rings (SSSR count). The van der Waals surface area contributed by atoms with Gasteiger partial charge in [0.2, 0.25) is 10.0 Å². The number of rotatable bonds is 3. The SMILES string of the molecule is Nc1cc(F)cc(S(=O)(=O)NC2CC=CCC2)c1. The van der Waals surface area contributed by atoms with Crippen molar-refractivity contribution in [3.63, 3.8) is 0 Å². The number of benzene rings is 1. The van der Waals surface area contributed by atoms with Crippen LogP contribution in [-0.2, 0) is 10.0 Å². The third-order valence-electron chi connectivity index (χ3n) is 2.79. The van der Waals surface area contributed by atoms with E-state index in [4.69, 9.17) is 5.73 Å². The zero-order chi connectivity index (χ0) is 13.2. The minimum absolute atomic E-state index is 0.0962. The molecule has 3 N–H and O–H groups in total. The number of nitrogen functional groups attached to an aromatic ring is 1. The second-order valence-corrected chi connectivity index (χ2v) is 6.04. The summed E-state index contributed by atoms with van der Waals surface area (Å²) in [6.45, 7) is 0. The number of allylic oxidation sites excluding steroid dienone is 1. The molecule has 1 aromatic carbocycles. The second kappa shape index (κ2) is 5.07. The molecule has 1 atom stereocenters. The van der Waals surface area contributed by atoms with Crippen molar-refractivity contribution in [3.8, 4) is 0 Å². The molecule has 18 heavy (non-hydrogen) atoms. The van der Waals surface area contributed by atoms with Gasteiger partial charge in [-0.3, -0.25) is 0 Å². The van der Waals surface area contributed by atoms with Crippen molar-refractivity contribution in [3.05, 3.63) is 36.2 Å². The fourth-order valence-corrected chi connectivity index (χ4v) is 3.28. The van der Waals surface area contributed by atoms with Gasteiger partial charge < -0.3 is 5.73 Å². The zero-order valence-corrected chi connectivity index (χ0v) is 10.6. The number of nitrogens with two attached hydrogens (primary N) is 1. The Morgan fingerprint density at radius 2 is 2.06 bits per heavy atom. The summed E-state index contributed by atoms with van der Waals surface area (Å²) in [6.07, 6.45) is 6.21. The maximum atomic E-state index is 13.2. The third-order valence-corrected chi connectivity index (χ3v) is 4.29. The first-order valence-electron chi connectivity index (χ1n) is 5.71. The Bertz CT molecular complexity index is 549. The molecule has 1 unspecified atom stereocenters. The van der Waals surface area contributed by atoms with Gasteiger partial charge in [-0.15, -0.1) is 0 Å². The summed E-state index contributed by atoms with van der Waals surface area (Å²) in [5, 5.41) is 0. The first-order chi connectivity index (χ1) is 8.47. The highest BCUT2D eigenvalue weighted by Crippen LogP contribution is 2.18. The highest BCUT2D eigenvalue weighted by atomic mass is 32.2. The van der Waals surface area contributed by atoms with Gasteiger partial charge in [0, 0.05) is 11.7 Å². The van der Waals surface area contributed by atoms with E-state index >= 15 is 0 Å². The lowest BCUT2D eigenvalue weighted by Crippen LogP contribution is -2.35. The summed E-state index contributed by atoms with van der Waals surface area (Å²) in [5.41, 5.74) is 5.54. The summed E-state index contributed by atoms with van der Waals surface area (Å²) in [7, 11) is -3.71. The summed E-state index contributed by atoms with van der Waals surface area (Å²) in [5.74, 6) is -0.654. The molecule has 98 valence electrons. The van der Waals surface area contributed by atoms with E-state index in [1.807, 2.05) is 12.2 Å². The van der Waals surface area contributed by atoms with Gasteiger partial charge in [-0.2, -0.15) is 0 Å². The van der Waals surface area contributed by atoms with Crippen molar-refractivity contribution in [2.24, 2.45) is 0 Å². The summed E-state index contributed by atoms with van der Waals surface area (Å²) < 4.78 is 39.8. The molecule has 0 fully saturated rings. The largest absolute Gasteiger partial charge is 0.399 e. The van der Waals surface area contributed by atoms with Crippen molar-refractivity contribution in [2.75, 3.05) is 5.73 Å². The van der Waals surface area contributed by atoms with E-state index in [2.05, 4.69) is 4.72 Å². The van der Waals surface area contributed by atoms with Crippen molar-refractivity contribution in [1.82, 2.24) is 4.72 Å². The van der Waals surface area contributed by atoms with Gasteiger partial charge in [0.25, 0.3) is 0 Å². The van der Waals surface area contributed by atoms with Crippen LogP contribution in [-0.4, -0.2) is 14.5 Å². The maximum Gasteiger partial charge on any atom is 0.241 e. The van der Waals surface area contributed by atoms with E-state index < -0.39 is 15.8 Å². The van der Waals surface area contributed by atoms with E-state index in [0.717, 1.165) is 25.0 Å². The van der Waals surface area contributed by atoms with E-state index in [9.17, 15) is 12.8 Å². The Labute approximate surface area is 106 Å². The average Bonchev–Trinajstić information content (AvgIpc) is 2.28. The normalized spacial score (nSPS) is 19.9. The quantitative estimate of drug-likeness (QED) is 0.649. The predicted molar refractivity (Wildman–Crippen MR) is 67.9 cm³/mol. The predicted octanol–water partition coefficient (Wildman–Crippen LogP) is 1.79. The van der Waals surface area contributed by atoms with Crippen LogP contribution in [0.3, 0.4) is 0 Å². The van der Waals surface area contributed by atoms with Crippen LogP contribution in [0.15, 0.2) is 35.2 Å². The Hall–Kier alpha value is -1.40. The fraction of sp³-hybridized carbons (Fsp3) is 0.333. The molecule has 0 bridgehead atoms. The van der Waals surface area contributed by atoms with Crippen LogP contribution < -0.4 is 10.5 Å². The number of hydrogen-bond acceptors (Lipinski definition) is 3. The number of anilines is 1. The third kappa shape index (κ3) is 3.08. The molecule has 0 aromatic heterocycles. The van der Waals surface area contributed by atoms with Gasteiger partial charge in [-0.1, -0.05) is 12.2 Å². The van der Waals surface area contributed by atoms with E-state index in [0.29, 0.717) is 6.42 Å². The highest BCUT2D eigenvalue weighted by molar-refractivity contribution is 7.89. The number of nitrogens with one attached hydrogen (secondary N) is 1. The van der Waals surface area contributed by atoms with Crippen LogP contribution in [0, 0.1) is 5.82 Å². The van der Waals surface area contributed by atoms with Crippen LogP contribution >= 0.6 is 0 Å². The summed E-state index contributed by atoms with van der Waals surface area (Å²) in [4.78, 5) is -0.130. The monoisotopic (exact) mass is 270 g/mol. The molecule has 0 aliphatic heterocycles. The number of sulfonamides is 1. The van der Waals surface area contributed by atoms with Crippen molar-refractivity contribution in [2.45, 2.75) is 30.2 Å². The average molecular weight is 270 g/mol. The van der Waals surface area contributed by atoms with E-state index in [1.165, 1.54) is 6.07 Å². The van der Waals surface area contributed by atoms with Crippen molar-refractivity contribution >= 4 is 15.7 Å². The van der Waals surface area contributed by atoms with Gasteiger partial charge in [0.15, 0.2) is 0 Å². The lowest BCUT2D eigenvalue weighted by molar-refractivity contribution is 0.521. The molecule has 6 heteroatoms. The molecule has 1 aromatic rings. The van der Waals surface area contributed by atoms with Crippen LogP contribution in [0.1, 0.15) is 19.3 Å². The van der Waals surface area contributed by atoms with Gasteiger partial charge >= 0.3 is 0 Å². The molecule has 0 amide bonds. The molecule has 0 saturated carbocycles. The molecule has 1 aliphatic carbocycles. The molecular weight excluding hydrogens is 255 g/mol. The second-order valence-electron chi connectivity index (χ2n) is 4.32. The minimum Gasteiger partial charge on any atom is -0.399 e. The summed E-state index contributed by atoms with van der Waals surface area (Å²) >= 11 is 0. The topological polar surface area (TPSA) is 72.2 Å². The van der Waals surface area contributed by atoms with Gasteiger partial charge in [-0.05, 0) is 37.5 Å². The zero-order valence-electron chi connectivity index (χ0n) is 9.77. The molecule has 0 saturated heterocycles. The van der Waals surface area contributed by atoms with Gasteiger partial charge in [0.05, 0.1) is 4.90 Å². The van der Waals surface area contributed by atoms with Gasteiger partial charge in [0.1, 0.15) is 5.82 Å². The van der Waals surface area contributed by atoms with Crippen LogP contribution in [0.25, 0.3) is 0 Å². The Balaban J connectivity index is 2.22. The highest BCUT2D eigenvalue weighted by Gasteiger charge is 2.21. The standard InChI is InChI=1S/C12H15FN2O2S/c13-9-6-10(14)8-12(7-9)18(16,17)15-11-4-2-1-3-5-11/h1-2,6-8,11,15H,3-5,14H2. The van der Waals surface area contributed by atoms with Crippen molar-refractivity contribution < 1.29 is 12.8 Å². The minimum atomic E-state index is -3.71. The lowest BCUT2D eigenvalue weighted by Gasteiger charge is -2.19. The molecule has 0 spiro atoms. The van der Waals surface area contributed by atoms with Crippen LogP contribution in [0.5, 0.6) is 0 Å². The van der Waals surface area contributed by atoms with Crippen LogP contribution in [0.4, 0.5) is 10.1 Å². The Kier molecular flexibility index (Phi) is 3.68. The van der Waals surface area contributed by atoms with E-state index in [-0.39, 0.29) is 16.6 Å². The summed E-state index contributed by atoms with van der Waals surface area (Å²) in [6, 6.07) is 3.17. The molecule has 4 nitrogen and oxygen atoms in total. The maximum absolute atomic E-state index is 13.2. The molecule has 0 heterocycles. The van der Waals surface area contributed by atoms with E-state index in [1.54, 1.807) is 0 Å². The smallest absolute Gasteiger partial charge is 0.241 e.